The molecule has 2 aromatic carbocycles. The topological polar surface area (TPSA) is 26.3 Å². The van der Waals surface area contributed by atoms with Crippen molar-refractivity contribution in [2.75, 3.05) is 0 Å². The van der Waals surface area contributed by atoms with Crippen LogP contribution in [0.25, 0.3) is 0 Å². The number of hydrogen-bond acceptors (Lipinski definition) is 2. The molecule has 0 bridgehead atoms. The van der Waals surface area contributed by atoms with Gasteiger partial charge < -0.3 is 4.74 Å². The van der Waals surface area contributed by atoms with Crippen molar-refractivity contribution in [3.63, 3.8) is 0 Å². The van der Waals surface area contributed by atoms with Crippen molar-refractivity contribution >= 4 is 17.4 Å². The molecule has 0 N–H and O–H groups in total. The minimum atomic E-state index is -0.402. The molecule has 0 saturated heterocycles. The van der Waals surface area contributed by atoms with E-state index in [-0.39, 0.29) is 17.2 Å². The van der Waals surface area contributed by atoms with Crippen LogP contribution in [0.3, 0.4) is 0 Å². The summed E-state index contributed by atoms with van der Waals surface area (Å²) in [5.41, 5.74) is 3.45. The Labute approximate surface area is 121 Å². The van der Waals surface area contributed by atoms with Crippen molar-refractivity contribution in [3.8, 4) is 0 Å². The van der Waals surface area contributed by atoms with E-state index in [1.54, 1.807) is 12.1 Å². The number of benzene rings is 2. The molecule has 0 aromatic heterocycles. The lowest BCUT2D eigenvalue weighted by molar-refractivity contribution is 0.0992. The first-order valence-corrected chi connectivity index (χ1v) is 6.68. The maximum Gasteiger partial charge on any atom is 0.167 e. The number of rotatable bonds is 3. The summed E-state index contributed by atoms with van der Waals surface area (Å²) in [5.74, 6) is -0.436. The molecule has 3 rings (SSSR count). The maximum atomic E-state index is 13.0. The largest absolute Gasteiger partial charge is 0.372 e. The molecule has 2 aromatic rings. The second-order valence-corrected chi connectivity index (χ2v) is 5.22. The molecule has 0 spiro atoms. The average molecular weight is 291 g/mol. The first kappa shape index (κ1) is 13.3. The predicted molar refractivity (Wildman–Crippen MR) is 74.4 cm³/mol. The van der Waals surface area contributed by atoms with E-state index in [4.69, 9.17) is 16.3 Å². The van der Waals surface area contributed by atoms with Crippen molar-refractivity contribution < 1.29 is 13.9 Å². The minimum absolute atomic E-state index is 0.0341. The van der Waals surface area contributed by atoms with Gasteiger partial charge in [0.1, 0.15) is 5.82 Å². The van der Waals surface area contributed by atoms with Crippen LogP contribution in [0.1, 0.15) is 27.0 Å². The quantitative estimate of drug-likeness (QED) is 0.801. The van der Waals surface area contributed by atoms with E-state index in [0.717, 1.165) is 11.1 Å². The van der Waals surface area contributed by atoms with E-state index >= 15 is 0 Å². The first-order valence-electron chi connectivity index (χ1n) is 6.30. The van der Waals surface area contributed by atoms with Gasteiger partial charge in [0.05, 0.1) is 13.2 Å². The molecule has 0 fully saturated rings. The number of fused-ring (bicyclic) bond motifs is 1. The third kappa shape index (κ3) is 2.60. The number of ether oxygens (including phenoxy) is 1. The fourth-order valence-corrected chi connectivity index (χ4v) is 2.52. The summed E-state index contributed by atoms with van der Waals surface area (Å²) >= 11 is 5.94. The molecule has 20 heavy (non-hydrogen) atoms. The lowest BCUT2D eigenvalue weighted by Gasteiger charge is -2.05. The van der Waals surface area contributed by atoms with Crippen LogP contribution in [-0.2, 0) is 24.4 Å². The molecule has 1 aliphatic heterocycles. The van der Waals surface area contributed by atoms with Crippen LogP contribution in [-0.4, -0.2) is 5.78 Å². The highest BCUT2D eigenvalue weighted by Crippen LogP contribution is 2.23. The fourth-order valence-electron chi connectivity index (χ4n) is 2.29. The molecule has 1 aliphatic rings. The number of ketones is 1. The molecule has 102 valence electrons. The highest BCUT2D eigenvalue weighted by Gasteiger charge is 2.15. The Morgan fingerprint density at radius 2 is 1.95 bits per heavy atom. The highest BCUT2D eigenvalue weighted by molar-refractivity contribution is 6.31. The molecular weight excluding hydrogens is 279 g/mol. The van der Waals surface area contributed by atoms with E-state index < -0.39 is 5.82 Å². The van der Waals surface area contributed by atoms with Gasteiger partial charge >= 0.3 is 0 Å². The van der Waals surface area contributed by atoms with E-state index in [1.807, 2.05) is 12.1 Å². The molecule has 1 heterocycles. The standard InChI is InChI=1S/C16H12ClFO2/c17-15-7-14(18)4-3-10(15)6-16(19)11-1-2-12-8-20-9-13(12)5-11/h1-5,7H,6,8-9H2. The molecule has 0 atom stereocenters. The molecule has 0 radical (unpaired) electrons. The van der Waals surface area contributed by atoms with Gasteiger partial charge in [0, 0.05) is 17.0 Å². The third-order valence-corrected chi connectivity index (χ3v) is 3.76. The summed E-state index contributed by atoms with van der Waals surface area (Å²) in [7, 11) is 0. The number of carbonyl (C=O) groups excluding carboxylic acids is 1. The zero-order valence-corrected chi connectivity index (χ0v) is 11.4. The van der Waals surface area contributed by atoms with Gasteiger partial charge in [-0.2, -0.15) is 0 Å². The zero-order valence-electron chi connectivity index (χ0n) is 10.7. The summed E-state index contributed by atoms with van der Waals surface area (Å²) < 4.78 is 18.3. The Bertz CT molecular complexity index is 682. The molecule has 2 nitrogen and oxygen atoms in total. The average Bonchev–Trinajstić information content (AvgIpc) is 2.89. The summed E-state index contributed by atoms with van der Waals surface area (Å²) in [6.07, 6.45) is 0.165. The van der Waals surface area contributed by atoms with Crippen molar-refractivity contribution in [1.82, 2.24) is 0 Å². The number of carbonyl (C=O) groups is 1. The molecule has 0 amide bonds. The number of Topliss-reactive ketones (excluding diaryl/α,β-unsaturated/α-hetero) is 1. The van der Waals surface area contributed by atoms with Crippen molar-refractivity contribution in [3.05, 3.63) is 69.5 Å². The predicted octanol–water partition coefficient (Wildman–Crippen LogP) is 3.93. The van der Waals surface area contributed by atoms with Crippen molar-refractivity contribution in [2.45, 2.75) is 19.6 Å². The van der Waals surface area contributed by atoms with Gasteiger partial charge in [-0.05, 0) is 34.9 Å². The van der Waals surface area contributed by atoms with Crippen LogP contribution in [0, 0.1) is 5.82 Å². The lowest BCUT2D eigenvalue weighted by atomic mass is 9.99. The van der Waals surface area contributed by atoms with Gasteiger partial charge in [-0.1, -0.05) is 29.8 Å². The zero-order chi connectivity index (χ0) is 14.1. The Kier molecular flexibility index (Phi) is 3.55. The summed E-state index contributed by atoms with van der Waals surface area (Å²) in [4.78, 5) is 12.3. The minimum Gasteiger partial charge on any atom is -0.372 e. The smallest absolute Gasteiger partial charge is 0.167 e. The van der Waals surface area contributed by atoms with Crippen LogP contribution in [0.5, 0.6) is 0 Å². The molecule has 0 saturated carbocycles. The van der Waals surface area contributed by atoms with Gasteiger partial charge in [-0.25, -0.2) is 4.39 Å². The Balaban J connectivity index is 1.82. The normalized spacial score (nSPS) is 13.3. The maximum absolute atomic E-state index is 13.0. The van der Waals surface area contributed by atoms with E-state index in [1.165, 1.54) is 12.1 Å². The van der Waals surface area contributed by atoms with Gasteiger partial charge in [-0.15, -0.1) is 0 Å². The molecule has 0 unspecified atom stereocenters. The Hall–Kier alpha value is -1.71. The van der Waals surface area contributed by atoms with E-state index in [9.17, 15) is 9.18 Å². The van der Waals surface area contributed by atoms with Gasteiger partial charge in [-0.3, -0.25) is 4.79 Å². The van der Waals surface area contributed by atoms with Crippen LogP contribution in [0.15, 0.2) is 36.4 Å². The SMILES string of the molecule is O=C(Cc1ccc(F)cc1Cl)c1ccc2c(c1)COC2. The molecule has 4 heteroatoms. The number of halogens is 2. The second kappa shape index (κ2) is 5.35. The Morgan fingerprint density at radius 1 is 1.15 bits per heavy atom. The van der Waals surface area contributed by atoms with Crippen LogP contribution >= 0.6 is 11.6 Å². The Morgan fingerprint density at radius 3 is 2.75 bits per heavy atom. The van der Waals surface area contributed by atoms with Gasteiger partial charge in [0.25, 0.3) is 0 Å². The lowest BCUT2D eigenvalue weighted by Crippen LogP contribution is -2.05. The summed E-state index contributed by atoms with van der Waals surface area (Å²) in [6.45, 7) is 1.15. The van der Waals surface area contributed by atoms with Crippen molar-refractivity contribution in [2.24, 2.45) is 0 Å². The van der Waals surface area contributed by atoms with E-state index in [0.29, 0.717) is 24.3 Å². The second-order valence-electron chi connectivity index (χ2n) is 4.81. The van der Waals surface area contributed by atoms with Gasteiger partial charge in [0.15, 0.2) is 5.78 Å². The number of hydrogen-bond donors (Lipinski definition) is 0. The van der Waals surface area contributed by atoms with Gasteiger partial charge in [0.2, 0.25) is 0 Å². The van der Waals surface area contributed by atoms with Crippen LogP contribution in [0.2, 0.25) is 5.02 Å². The monoisotopic (exact) mass is 290 g/mol. The fraction of sp³-hybridized carbons (Fsp3) is 0.188. The van der Waals surface area contributed by atoms with Crippen LogP contribution in [0.4, 0.5) is 4.39 Å². The summed E-state index contributed by atoms with van der Waals surface area (Å²) in [5, 5.41) is 0.280. The summed E-state index contributed by atoms with van der Waals surface area (Å²) in [6, 6.07) is 9.66. The molecule has 0 aliphatic carbocycles. The van der Waals surface area contributed by atoms with Crippen LogP contribution < -0.4 is 0 Å². The highest BCUT2D eigenvalue weighted by atomic mass is 35.5. The first-order chi connectivity index (χ1) is 9.63. The third-order valence-electron chi connectivity index (χ3n) is 3.41. The molecular formula is C16H12ClFO2. The van der Waals surface area contributed by atoms with Crippen molar-refractivity contribution in [1.29, 1.82) is 0 Å². The van der Waals surface area contributed by atoms with E-state index in [2.05, 4.69) is 0 Å².